The number of hydrogen-bond acceptors (Lipinski definition) is 3. The molecular formula is C22H22O3. The minimum absolute atomic E-state index is 0.214. The fraction of sp³-hybridized carbons (Fsp3) is 0.318. The Balaban J connectivity index is 1.67. The number of ether oxygens (including phenoxy) is 1. The first-order valence-corrected chi connectivity index (χ1v) is 8.86. The molecule has 3 heteroatoms. The number of esters is 1. The Morgan fingerprint density at radius 1 is 1.20 bits per heavy atom. The lowest BCUT2D eigenvalue weighted by molar-refractivity contribution is -0.0530. The Morgan fingerprint density at radius 3 is 2.60 bits per heavy atom. The van der Waals surface area contributed by atoms with Gasteiger partial charge in [-0.15, -0.1) is 0 Å². The molecule has 3 atom stereocenters. The maximum absolute atomic E-state index is 12.8. The van der Waals surface area contributed by atoms with E-state index in [0.717, 1.165) is 30.4 Å². The lowest BCUT2D eigenvalue weighted by Crippen LogP contribution is -2.37. The number of fused-ring (bicyclic) bond motifs is 2. The molecule has 2 aliphatic carbocycles. The van der Waals surface area contributed by atoms with Crippen molar-refractivity contribution in [3.63, 3.8) is 0 Å². The minimum Gasteiger partial charge on any atom is -0.508 e. The number of rotatable bonds is 4. The van der Waals surface area contributed by atoms with Gasteiger partial charge in [-0.05, 0) is 67.0 Å². The second-order valence-electron chi connectivity index (χ2n) is 7.24. The fourth-order valence-electron chi connectivity index (χ4n) is 4.57. The van der Waals surface area contributed by atoms with Gasteiger partial charge in [0.1, 0.15) is 11.4 Å². The molecule has 25 heavy (non-hydrogen) atoms. The zero-order valence-electron chi connectivity index (χ0n) is 14.2. The summed E-state index contributed by atoms with van der Waals surface area (Å²) in [6, 6.07) is 14.5. The molecule has 0 aliphatic heterocycles. The number of carbonyl (C=O) groups excluding carboxylic acids is 1. The van der Waals surface area contributed by atoms with Crippen LogP contribution in [0.5, 0.6) is 5.75 Å². The predicted molar refractivity (Wildman–Crippen MR) is 97.2 cm³/mol. The zero-order chi connectivity index (χ0) is 17.4. The molecule has 3 unspecified atom stereocenters. The van der Waals surface area contributed by atoms with E-state index in [1.165, 1.54) is 6.42 Å². The van der Waals surface area contributed by atoms with E-state index in [4.69, 9.17) is 4.74 Å². The molecule has 0 aromatic heterocycles. The molecule has 2 bridgehead atoms. The van der Waals surface area contributed by atoms with Crippen molar-refractivity contribution < 1.29 is 14.6 Å². The van der Waals surface area contributed by atoms with Gasteiger partial charge < -0.3 is 9.84 Å². The third-order valence-corrected chi connectivity index (χ3v) is 5.78. The molecule has 0 spiro atoms. The maximum atomic E-state index is 12.8. The van der Waals surface area contributed by atoms with Crippen LogP contribution in [0, 0.1) is 11.8 Å². The van der Waals surface area contributed by atoms with Crippen LogP contribution in [0.1, 0.15) is 47.2 Å². The predicted octanol–water partition coefficient (Wildman–Crippen LogP) is 4.91. The highest BCUT2D eigenvalue weighted by Gasteiger charge is 2.55. The van der Waals surface area contributed by atoms with Crippen molar-refractivity contribution in [3.05, 3.63) is 71.8 Å². The lowest BCUT2D eigenvalue weighted by atomic mass is 9.78. The molecule has 2 aromatic rings. The number of aromatic hydroxyl groups is 1. The topological polar surface area (TPSA) is 46.5 Å². The largest absolute Gasteiger partial charge is 0.508 e. The van der Waals surface area contributed by atoms with Gasteiger partial charge in [0.05, 0.1) is 5.56 Å². The maximum Gasteiger partial charge on any atom is 0.339 e. The van der Waals surface area contributed by atoms with Gasteiger partial charge in [-0.3, -0.25) is 0 Å². The van der Waals surface area contributed by atoms with Gasteiger partial charge >= 0.3 is 5.97 Å². The van der Waals surface area contributed by atoms with Crippen molar-refractivity contribution >= 4 is 12.0 Å². The average Bonchev–Trinajstić information content (AvgIpc) is 3.23. The molecule has 128 valence electrons. The summed E-state index contributed by atoms with van der Waals surface area (Å²) in [5, 5.41) is 9.92. The van der Waals surface area contributed by atoms with Crippen LogP contribution in [0.2, 0.25) is 0 Å². The molecule has 4 rings (SSSR count). The van der Waals surface area contributed by atoms with E-state index < -0.39 is 5.60 Å². The highest BCUT2D eigenvalue weighted by molar-refractivity contribution is 5.90. The molecule has 0 radical (unpaired) electrons. The molecule has 3 nitrogen and oxygen atoms in total. The van der Waals surface area contributed by atoms with Crippen molar-refractivity contribution in [2.24, 2.45) is 11.8 Å². The van der Waals surface area contributed by atoms with E-state index in [1.807, 2.05) is 24.3 Å². The van der Waals surface area contributed by atoms with Gasteiger partial charge in [-0.25, -0.2) is 4.79 Å². The van der Waals surface area contributed by atoms with Crippen molar-refractivity contribution in [1.29, 1.82) is 0 Å². The van der Waals surface area contributed by atoms with Crippen molar-refractivity contribution in [2.45, 2.75) is 31.3 Å². The average molecular weight is 334 g/mol. The quantitative estimate of drug-likeness (QED) is 0.808. The smallest absolute Gasteiger partial charge is 0.339 e. The Bertz CT molecular complexity index is 808. The summed E-state index contributed by atoms with van der Waals surface area (Å²) in [7, 11) is 0. The minimum atomic E-state index is -0.615. The first kappa shape index (κ1) is 15.9. The van der Waals surface area contributed by atoms with Crippen molar-refractivity contribution in [3.8, 4) is 5.75 Å². The van der Waals surface area contributed by atoms with Crippen LogP contribution in [0.25, 0.3) is 6.08 Å². The van der Waals surface area contributed by atoms with Gasteiger partial charge in [0.2, 0.25) is 0 Å². The van der Waals surface area contributed by atoms with Crippen LogP contribution in [0.4, 0.5) is 0 Å². The van der Waals surface area contributed by atoms with E-state index in [2.05, 4.69) is 6.58 Å². The number of hydrogen-bond donors (Lipinski definition) is 1. The molecular weight excluding hydrogens is 312 g/mol. The highest BCUT2D eigenvalue weighted by Crippen LogP contribution is 2.58. The number of phenolic OH excluding ortho intramolecular Hbond substituents is 1. The normalized spacial score (nSPS) is 27.2. The highest BCUT2D eigenvalue weighted by atomic mass is 16.6. The van der Waals surface area contributed by atoms with E-state index in [-0.39, 0.29) is 11.7 Å². The Kier molecular flexibility index (Phi) is 3.87. The second-order valence-corrected chi connectivity index (χ2v) is 7.24. The third kappa shape index (κ3) is 2.74. The molecule has 1 N–H and O–H groups in total. The number of benzene rings is 2. The number of phenols is 1. The van der Waals surface area contributed by atoms with Crippen molar-refractivity contribution in [2.75, 3.05) is 0 Å². The lowest BCUT2D eigenvalue weighted by Gasteiger charge is -2.37. The summed E-state index contributed by atoms with van der Waals surface area (Å²) in [6.45, 7) is 3.73. The summed E-state index contributed by atoms with van der Waals surface area (Å²) in [5.74, 6) is 0.844. The van der Waals surface area contributed by atoms with E-state index in [9.17, 15) is 9.90 Å². The van der Waals surface area contributed by atoms with Gasteiger partial charge in [0.15, 0.2) is 0 Å². The van der Waals surface area contributed by atoms with E-state index in [1.54, 1.807) is 30.3 Å². The molecule has 2 aliphatic rings. The zero-order valence-corrected chi connectivity index (χ0v) is 14.2. The molecule has 0 heterocycles. The van der Waals surface area contributed by atoms with E-state index >= 15 is 0 Å². The van der Waals surface area contributed by atoms with Crippen LogP contribution in [0.3, 0.4) is 0 Å². The van der Waals surface area contributed by atoms with Gasteiger partial charge in [0.25, 0.3) is 0 Å². The van der Waals surface area contributed by atoms with Crippen LogP contribution in [-0.2, 0) is 10.3 Å². The first-order valence-electron chi connectivity index (χ1n) is 8.86. The van der Waals surface area contributed by atoms with Crippen molar-refractivity contribution in [1.82, 2.24) is 0 Å². The number of carbonyl (C=O) groups is 1. The second kappa shape index (κ2) is 6.07. The molecule has 0 amide bonds. The van der Waals surface area contributed by atoms with Crippen LogP contribution >= 0.6 is 0 Å². The molecule has 2 aromatic carbocycles. The van der Waals surface area contributed by atoms with Crippen LogP contribution in [-0.4, -0.2) is 11.1 Å². The van der Waals surface area contributed by atoms with Crippen LogP contribution in [0.15, 0.2) is 55.1 Å². The fourth-order valence-corrected chi connectivity index (χ4v) is 4.57. The van der Waals surface area contributed by atoms with Gasteiger partial charge in [-0.1, -0.05) is 36.9 Å². The summed E-state index contributed by atoms with van der Waals surface area (Å²) < 4.78 is 6.16. The van der Waals surface area contributed by atoms with E-state index in [0.29, 0.717) is 17.4 Å². The Hall–Kier alpha value is -2.55. The summed E-state index contributed by atoms with van der Waals surface area (Å²) in [5.41, 5.74) is 1.82. The molecule has 2 fully saturated rings. The Morgan fingerprint density at radius 2 is 2.00 bits per heavy atom. The first-order chi connectivity index (χ1) is 12.1. The molecule has 0 saturated heterocycles. The van der Waals surface area contributed by atoms with Crippen LogP contribution < -0.4 is 0 Å². The van der Waals surface area contributed by atoms with Gasteiger partial charge in [-0.2, -0.15) is 0 Å². The monoisotopic (exact) mass is 334 g/mol. The van der Waals surface area contributed by atoms with Gasteiger partial charge in [0, 0.05) is 5.92 Å². The standard InChI is InChI=1S/C22H22O3/c1-2-15-6-9-17(10-7-15)21(24)25-22(14-16-8-11-19(22)12-16)18-4-3-5-20(23)13-18/h2-7,9-10,13,16,19,23H,1,8,11-12,14H2. The SMILES string of the molecule is C=Cc1ccc(C(=O)OC2(c3cccc(O)c3)CC3CCC2C3)cc1. The summed E-state index contributed by atoms with van der Waals surface area (Å²) >= 11 is 0. The Labute approximate surface area is 148 Å². The summed E-state index contributed by atoms with van der Waals surface area (Å²) in [6.07, 6.45) is 5.97. The summed E-state index contributed by atoms with van der Waals surface area (Å²) in [4.78, 5) is 12.8. The molecule has 2 saturated carbocycles. The third-order valence-electron chi connectivity index (χ3n) is 5.78.